The van der Waals surface area contributed by atoms with Crippen LogP contribution in [-0.2, 0) is 11.3 Å². The van der Waals surface area contributed by atoms with Gasteiger partial charge in [-0.25, -0.2) is 4.79 Å². The van der Waals surface area contributed by atoms with Gasteiger partial charge in [0.05, 0.1) is 12.0 Å². The maximum Gasteiger partial charge on any atom is 0.344 e. The predicted octanol–water partition coefficient (Wildman–Crippen LogP) is 1.65. The lowest BCUT2D eigenvalue weighted by atomic mass is 10.1. The Bertz CT molecular complexity index is 444. The van der Waals surface area contributed by atoms with Crippen molar-refractivity contribution in [2.45, 2.75) is 6.54 Å². The van der Waals surface area contributed by atoms with Gasteiger partial charge in [-0.05, 0) is 11.6 Å². The van der Waals surface area contributed by atoms with E-state index in [1.165, 1.54) is 12.1 Å². The minimum atomic E-state index is -0.820. The minimum Gasteiger partial charge on any atom is -0.465 e. The number of hydrogen-bond acceptors (Lipinski definition) is 6. The lowest BCUT2D eigenvalue weighted by molar-refractivity contribution is -0.385. The van der Waals surface area contributed by atoms with E-state index in [0.29, 0.717) is 5.56 Å². The average molecular weight is 224 g/mol. The fraction of sp³-hybridized carbons (Fsp3) is 0.222. The molecule has 0 atom stereocenters. The van der Waals surface area contributed by atoms with E-state index in [2.05, 4.69) is 9.91 Å². The van der Waals surface area contributed by atoms with Crippen LogP contribution < -0.4 is 0 Å². The topological polar surface area (TPSA) is 98.9 Å². The third-order valence-electron chi connectivity index (χ3n) is 1.91. The summed E-state index contributed by atoms with van der Waals surface area (Å²) in [5.41, 5.74) is -0.129. The lowest BCUT2D eigenvalue weighted by Crippen LogP contribution is -2.06. The number of carbonyl (C=O) groups is 1. The SMILES string of the molecule is COC(=O)c1cc(CN=O)ccc1[N+](=O)[O-]. The summed E-state index contributed by atoms with van der Waals surface area (Å²) in [4.78, 5) is 31.2. The Balaban J connectivity index is 3.26. The average Bonchev–Trinajstić information content (AvgIpc) is 2.28. The number of carbonyl (C=O) groups excluding carboxylic acids is 1. The first-order valence-corrected chi connectivity index (χ1v) is 4.25. The summed E-state index contributed by atoms with van der Waals surface area (Å²) in [6.07, 6.45) is 0. The summed E-state index contributed by atoms with van der Waals surface area (Å²) < 4.78 is 4.41. The van der Waals surface area contributed by atoms with E-state index in [0.717, 1.165) is 13.2 Å². The molecule has 0 N–H and O–H groups in total. The molecule has 16 heavy (non-hydrogen) atoms. The van der Waals surface area contributed by atoms with Crippen LogP contribution in [0.5, 0.6) is 0 Å². The van der Waals surface area contributed by atoms with Crippen molar-refractivity contribution in [3.8, 4) is 0 Å². The maximum absolute atomic E-state index is 11.3. The first kappa shape index (κ1) is 11.8. The molecule has 0 radical (unpaired) electrons. The monoisotopic (exact) mass is 224 g/mol. The van der Waals surface area contributed by atoms with E-state index in [-0.39, 0.29) is 17.8 Å². The summed E-state index contributed by atoms with van der Waals surface area (Å²) in [5.74, 6) is -0.820. The molecule has 0 aliphatic heterocycles. The fourth-order valence-electron chi connectivity index (χ4n) is 1.19. The van der Waals surface area contributed by atoms with Crippen molar-refractivity contribution in [1.82, 2.24) is 0 Å². The van der Waals surface area contributed by atoms with Gasteiger partial charge in [-0.15, -0.1) is 0 Å². The van der Waals surface area contributed by atoms with E-state index < -0.39 is 10.9 Å². The highest BCUT2D eigenvalue weighted by atomic mass is 16.6. The van der Waals surface area contributed by atoms with Gasteiger partial charge >= 0.3 is 5.97 Å². The number of nitroso groups, excluding NO2 is 1. The van der Waals surface area contributed by atoms with Crippen molar-refractivity contribution >= 4 is 11.7 Å². The standard InChI is InChI=1S/C9H8N2O5/c1-16-9(12)7-4-6(5-10-13)2-3-8(7)11(14)15/h2-4H,5H2,1H3. The molecule has 0 amide bonds. The quantitative estimate of drug-likeness (QED) is 0.335. The highest BCUT2D eigenvalue weighted by Crippen LogP contribution is 2.21. The van der Waals surface area contributed by atoms with Gasteiger partial charge in [0, 0.05) is 6.07 Å². The van der Waals surface area contributed by atoms with Gasteiger partial charge in [0.2, 0.25) is 0 Å². The van der Waals surface area contributed by atoms with Gasteiger partial charge in [0.15, 0.2) is 0 Å². The first-order valence-electron chi connectivity index (χ1n) is 4.25. The van der Waals surface area contributed by atoms with Crippen LogP contribution in [-0.4, -0.2) is 18.0 Å². The first-order chi connectivity index (χ1) is 7.60. The van der Waals surface area contributed by atoms with Gasteiger partial charge in [-0.2, -0.15) is 4.91 Å². The Kier molecular flexibility index (Phi) is 3.65. The van der Waals surface area contributed by atoms with Gasteiger partial charge in [0.25, 0.3) is 5.69 Å². The Morgan fingerprint density at radius 2 is 2.25 bits per heavy atom. The highest BCUT2D eigenvalue weighted by Gasteiger charge is 2.21. The molecule has 0 aliphatic rings. The van der Waals surface area contributed by atoms with Crippen LogP contribution in [0.2, 0.25) is 0 Å². The van der Waals surface area contributed by atoms with Crippen LogP contribution in [0.4, 0.5) is 5.69 Å². The minimum absolute atomic E-state index is 0.151. The summed E-state index contributed by atoms with van der Waals surface area (Å²) in [6.45, 7) is -0.151. The molecule has 1 rings (SSSR count). The largest absolute Gasteiger partial charge is 0.465 e. The molecule has 0 heterocycles. The Morgan fingerprint density at radius 3 is 2.75 bits per heavy atom. The number of nitrogens with zero attached hydrogens (tertiary/aromatic N) is 2. The van der Waals surface area contributed by atoms with Crippen LogP contribution in [0.3, 0.4) is 0 Å². The maximum atomic E-state index is 11.3. The summed E-state index contributed by atoms with van der Waals surface area (Å²) >= 11 is 0. The molecule has 1 aromatic rings. The molecular weight excluding hydrogens is 216 g/mol. The molecule has 0 aromatic heterocycles. The third-order valence-corrected chi connectivity index (χ3v) is 1.91. The van der Waals surface area contributed by atoms with Crippen LogP contribution >= 0.6 is 0 Å². The zero-order valence-electron chi connectivity index (χ0n) is 8.37. The molecule has 84 valence electrons. The van der Waals surface area contributed by atoms with Crippen LogP contribution in [0.1, 0.15) is 15.9 Å². The second-order valence-electron chi connectivity index (χ2n) is 2.89. The van der Waals surface area contributed by atoms with Crippen molar-refractivity contribution in [3.63, 3.8) is 0 Å². The number of benzene rings is 1. The van der Waals surface area contributed by atoms with Crippen molar-refractivity contribution in [2.75, 3.05) is 7.11 Å². The highest BCUT2D eigenvalue weighted by molar-refractivity contribution is 5.94. The molecule has 0 aliphatic carbocycles. The van der Waals surface area contributed by atoms with Crippen LogP contribution in [0.25, 0.3) is 0 Å². The fourth-order valence-corrected chi connectivity index (χ4v) is 1.19. The van der Waals surface area contributed by atoms with E-state index in [1.54, 1.807) is 0 Å². The summed E-state index contributed by atoms with van der Waals surface area (Å²) in [5, 5.41) is 13.3. The zero-order valence-corrected chi connectivity index (χ0v) is 8.37. The molecule has 0 saturated heterocycles. The Hall–Kier alpha value is -2.31. The molecule has 0 unspecified atom stereocenters. The third kappa shape index (κ3) is 2.38. The molecule has 0 saturated carbocycles. The summed E-state index contributed by atoms with van der Waals surface area (Å²) in [6, 6.07) is 3.74. The number of rotatable bonds is 4. The molecular formula is C9H8N2O5. The molecule has 7 nitrogen and oxygen atoms in total. The predicted molar refractivity (Wildman–Crippen MR) is 53.9 cm³/mol. The second-order valence-corrected chi connectivity index (χ2v) is 2.89. The molecule has 1 aromatic carbocycles. The molecule has 0 spiro atoms. The molecule has 7 heteroatoms. The van der Waals surface area contributed by atoms with Gasteiger partial charge in [-0.1, -0.05) is 11.2 Å². The number of hydrogen-bond donors (Lipinski definition) is 0. The lowest BCUT2D eigenvalue weighted by Gasteiger charge is -2.02. The van der Waals surface area contributed by atoms with Gasteiger partial charge in [-0.3, -0.25) is 10.1 Å². The smallest absolute Gasteiger partial charge is 0.344 e. The number of nitro groups is 1. The van der Waals surface area contributed by atoms with Crippen molar-refractivity contribution in [1.29, 1.82) is 0 Å². The zero-order chi connectivity index (χ0) is 12.1. The number of nitro benzene ring substituents is 1. The van der Waals surface area contributed by atoms with Crippen LogP contribution in [0.15, 0.2) is 23.4 Å². The van der Waals surface area contributed by atoms with Gasteiger partial charge < -0.3 is 4.74 Å². The molecule has 0 bridgehead atoms. The summed E-state index contributed by atoms with van der Waals surface area (Å²) in [7, 11) is 1.12. The van der Waals surface area contributed by atoms with E-state index in [9.17, 15) is 19.8 Å². The number of methoxy groups -OCH3 is 1. The Morgan fingerprint density at radius 1 is 1.56 bits per heavy atom. The van der Waals surface area contributed by atoms with Crippen molar-refractivity contribution < 1.29 is 14.5 Å². The van der Waals surface area contributed by atoms with Crippen molar-refractivity contribution in [2.24, 2.45) is 5.18 Å². The van der Waals surface area contributed by atoms with E-state index in [4.69, 9.17) is 0 Å². The normalized spacial score (nSPS) is 9.56. The van der Waals surface area contributed by atoms with E-state index in [1.807, 2.05) is 0 Å². The van der Waals surface area contributed by atoms with Gasteiger partial charge in [0.1, 0.15) is 12.1 Å². The molecule has 0 fully saturated rings. The van der Waals surface area contributed by atoms with E-state index >= 15 is 0 Å². The van der Waals surface area contributed by atoms with Crippen LogP contribution in [0, 0.1) is 15.0 Å². The van der Waals surface area contributed by atoms with Crippen molar-refractivity contribution in [3.05, 3.63) is 44.3 Å². The Labute approximate surface area is 90.1 Å². The second kappa shape index (κ2) is 4.96. The number of esters is 1. The number of ether oxygens (including phenoxy) is 1.